The molecule has 5 heterocycles. The summed E-state index contributed by atoms with van der Waals surface area (Å²) >= 11 is 0. The Morgan fingerprint density at radius 1 is 0.914 bits per heavy atom. The van der Waals surface area contributed by atoms with Gasteiger partial charge < -0.3 is 19.7 Å². The second-order valence-corrected chi connectivity index (χ2v) is 17.1. The van der Waals surface area contributed by atoms with Gasteiger partial charge in [0.1, 0.15) is 6.04 Å². The number of ketones is 1. The zero-order valence-electron chi connectivity index (χ0n) is 33.5. The van der Waals surface area contributed by atoms with Gasteiger partial charge >= 0.3 is 0 Å². The highest BCUT2D eigenvalue weighted by atomic mass is 16.2. The summed E-state index contributed by atoms with van der Waals surface area (Å²) in [6.45, 7) is 11.8. The zero-order chi connectivity index (χ0) is 40.5. The molecule has 3 aromatic carbocycles. The standard InChI is InChI=1S/C46H49N7O5/c1-4-29-23-34-35(46(2,3)43-41(42(34)56)33-9-6-28(25-47)22-36(33)48-43)24-38(29)51-15-13-31(14-16-51)50-17-19-52(20-18-50)40(55)12-7-27-5-8-32-30(21-27)26-53(45(32)58)37-10-11-39(54)49-44(37)57/h5-6,8-9,21-24,31,37,48H,4,7,10-20,26H2,1-3H3,(H,49,54,57). The third-order valence-electron chi connectivity index (χ3n) is 13.5. The summed E-state index contributed by atoms with van der Waals surface area (Å²) in [6.07, 6.45) is 4.42. The van der Waals surface area contributed by atoms with Crippen LogP contribution >= 0.6 is 0 Å². The van der Waals surface area contributed by atoms with Crippen molar-refractivity contribution in [2.45, 2.75) is 89.8 Å². The van der Waals surface area contributed by atoms with E-state index in [9.17, 15) is 29.2 Å². The highest BCUT2D eigenvalue weighted by Gasteiger charge is 2.42. The summed E-state index contributed by atoms with van der Waals surface area (Å²) in [5, 5.41) is 12.7. The van der Waals surface area contributed by atoms with E-state index in [2.05, 4.69) is 59.1 Å². The summed E-state index contributed by atoms with van der Waals surface area (Å²) in [4.78, 5) is 76.7. The maximum absolute atomic E-state index is 14.1. The van der Waals surface area contributed by atoms with E-state index >= 15 is 0 Å². The molecule has 0 saturated carbocycles. The number of hydrogen-bond donors (Lipinski definition) is 2. The average Bonchev–Trinajstić information content (AvgIpc) is 3.79. The van der Waals surface area contributed by atoms with Crippen molar-refractivity contribution < 1.29 is 24.0 Å². The van der Waals surface area contributed by atoms with Gasteiger partial charge in [-0.1, -0.05) is 39.0 Å². The fourth-order valence-corrected chi connectivity index (χ4v) is 10.2. The second kappa shape index (κ2) is 14.5. The number of aryl methyl sites for hydroxylation is 2. The van der Waals surface area contributed by atoms with Gasteiger partial charge in [0.15, 0.2) is 5.78 Å². The molecule has 0 bridgehead atoms. The van der Waals surface area contributed by atoms with E-state index < -0.39 is 17.4 Å². The number of imide groups is 1. The van der Waals surface area contributed by atoms with Crippen LogP contribution in [-0.4, -0.2) is 100 Å². The lowest BCUT2D eigenvalue weighted by atomic mass is 9.70. The van der Waals surface area contributed by atoms with E-state index in [0.717, 1.165) is 84.3 Å². The number of nitriles is 1. The van der Waals surface area contributed by atoms with Crippen LogP contribution in [0.2, 0.25) is 0 Å². The number of piperidine rings is 2. The van der Waals surface area contributed by atoms with Gasteiger partial charge in [-0.05, 0) is 84.7 Å². The Bertz CT molecular complexity index is 2440. The van der Waals surface area contributed by atoms with Crippen LogP contribution in [0.1, 0.15) is 113 Å². The Morgan fingerprint density at radius 3 is 2.41 bits per heavy atom. The molecule has 3 fully saturated rings. The van der Waals surface area contributed by atoms with Gasteiger partial charge in [0.2, 0.25) is 17.7 Å². The smallest absolute Gasteiger partial charge is 0.255 e. The highest BCUT2D eigenvalue weighted by molar-refractivity contribution is 6.20. The molecule has 0 spiro atoms. The quantitative estimate of drug-likeness (QED) is 0.250. The molecule has 9 rings (SSSR count). The van der Waals surface area contributed by atoms with E-state index in [1.807, 2.05) is 29.2 Å². The molecule has 0 radical (unpaired) electrons. The molecule has 12 heteroatoms. The van der Waals surface area contributed by atoms with Gasteiger partial charge in [0.25, 0.3) is 5.91 Å². The normalized spacial score (nSPS) is 20.9. The SMILES string of the molecule is CCc1cc2c(cc1N1CCC(N3CCN(C(=O)CCc4ccc5c(c4)CN(C4CCC(=O)NC4=O)C5=O)CC3)CC1)C(C)(C)c1[nH]c3cc(C#N)ccc3c1C2=O. The van der Waals surface area contributed by atoms with Crippen molar-refractivity contribution in [3.8, 4) is 6.07 Å². The number of benzene rings is 3. The molecule has 5 aliphatic rings. The number of amides is 4. The van der Waals surface area contributed by atoms with Crippen LogP contribution in [0.3, 0.4) is 0 Å². The summed E-state index contributed by atoms with van der Waals surface area (Å²) in [5.74, 6) is -0.730. The van der Waals surface area contributed by atoms with Crippen molar-refractivity contribution in [3.63, 3.8) is 0 Å². The minimum Gasteiger partial charge on any atom is -0.371 e. The van der Waals surface area contributed by atoms with Crippen molar-refractivity contribution in [2.24, 2.45) is 0 Å². The molecule has 4 amide bonds. The van der Waals surface area contributed by atoms with Gasteiger partial charge in [-0.3, -0.25) is 34.2 Å². The molecule has 1 aliphatic carbocycles. The lowest BCUT2D eigenvalue weighted by Gasteiger charge is -2.44. The summed E-state index contributed by atoms with van der Waals surface area (Å²) in [6, 6.07) is 17.6. The maximum atomic E-state index is 14.1. The highest BCUT2D eigenvalue weighted by Crippen LogP contribution is 2.46. The fraction of sp³-hybridized carbons (Fsp3) is 0.435. The number of nitrogens with zero attached hydrogens (tertiary/aromatic N) is 5. The lowest BCUT2D eigenvalue weighted by Crippen LogP contribution is -2.54. The van der Waals surface area contributed by atoms with Gasteiger partial charge in [-0.15, -0.1) is 0 Å². The lowest BCUT2D eigenvalue weighted by molar-refractivity contribution is -0.137. The van der Waals surface area contributed by atoms with Crippen molar-refractivity contribution in [3.05, 3.63) is 98.7 Å². The fourth-order valence-electron chi connectivity index (χ4n) is 10.2. The van der Waals surface area contributed by atoms with E-state index in [-0.39, 0.29) is 29.9 Å². The van der Waals surface area contributed by atoms with Crippen LogP contribution in [0.4, 0.5) is 5.69 Å². The number of aromatic nitrogens is 1. The van der Waals surface area contributed by atoms with Gasteiger partial charge in [-0.2, -0.15) is 5.26 Å². The average molecular weight is 780 g/mol. The van der Waals surface area contributed by atoms with Gasteiger partial charge in [-0.25, -0.2) is 0 Å². The first-order valence-corrected chi connectivity index (χ1v) is 20.8. The molecule has 3 saturated heterocycles. The van der Waals surface area contributed by atoms with Crippen LogP contribution in [0.5, 0.6) is 0 Å². The van der Waals surface area contributed by atoms with Crippen molar-refractivity contribution >= 4 is 46.0 Å². The first-order chi connectivity index (χ1) is 27.9. The molecular weight excluding hydrogens is 731 g/mol. The Morgan fingerprint density at radius 2 is 1.69 bits per heavy atom. The maximum Gasteiger partial charge on any atom is 0.255 e. The number of carbonyl (C=O) groups excluding carboxylic acids is 5. The number of rotatable bonds is 7. The molecule has 4 aliphatic heterocycles. The Balaban J connectivity index is 0.795. The van der Waals surface area contributed by atoms with E-state index in [1.165, 1.54) is 11.3 Å². The van der Waals surface area contributed by atoms with Gasteiger partial charge in [0.05, 0.1) is 17.2 Å². The number of nitrogens with one attached hydrogen (secondary N) is 2. The number of anilines is 1. The summed E-state index contributed by atoms with van der Waals surface area (Å²) in [5.41, 5.74) is 9.22. The first kappa shape index (κ1) is 37.8. The van der Waals surface area contributed by atoms with E-state index in [1.54, 1.807) is 17.0 Å². The Labute approximate surface area is 338 Å². The second-order valence-electron chi connectivity index (χ2n) is 17.1. The molecule has 1 aromatic heterocycles. The predicted molar refractivity (Wildman–Crippen MR) is 219 cm³/mol. The van der Waals surface area contributed by atoms with Crippen molar-refractivity contribution in [1.29, 1.82) is 5.26 Å². The topological polar surface area (TPSA) is 150 Å². The number of aromatic amines is 1. The molecule has 298 valence electrons. The monoisotopic (exact) mass is 779 g/mol. The molecule has 1 atom stereocenters. The zero-order valence-corrected chi connectivity index (χ0v) is 33.5. The van der Waals surface area contributed by atoms with Crippen LogP contribution in [0, 0.1) is 11.3 Å². The molecule has 1 unspecified atom stereocenters. The predicted octanol–water partition coefficient (Wildman–Crippen LogP) is 4.98. The third kappa shape index (κ3) is 6.36. The minimum atomic E-state index is -0.642. The molecule has 2 N–H and O–H groups in total. The molecular formula is C46H49N7O5. The summed E-state index contributed by atoms with van der Waals surface area (Å²) < 4.78 is 0. The number of fused-ring (bicyclic) bond motifs is 5. The van der Waals surface area contributed by atoms with Crippen LogP contribution in [0.25, 0.3) is 10.9 Å². The van der Waals surface area contributed by atoms with E-state index in [4.69, 9.17) is 0 Å². The van der Waals surface area contributed by atoms with Crippen LogP contribution < -0.4 is 10.2 Å². The van der Waals surface area contributed by atoms with Crippen LogP contribution in [-0.2, 0) is 39.2 Å². The largest absolute Gasteiger partial charge is 0.371 e. The number of H-pyrrole nitrogens is 1. The van der Waals surface area contributed by atoms with Crippen molar-refractivity contribution in [2.75, 3.05) is 44.2 Å². The van der Waals surface area contributed by atoms with Crippen molar-refractivity contribution in [1.82, 2.24) is 25.0 Å². The number of piperazine rings is 1. The number of hydrogen-bond acceptors (Lipinski definition) is 8. The molecule has 12 nitrogen and oxygen atoms in total. The van der Waals surface area contributed by atoms with Gasteiger partial charge in [0, 0.05) is 104 Å². The number of carbonyl (C=O) groups is 5. The Hall–Kier alpha value is -5.80. The van der Waals surface area contributed by atoms with E-state index in [0.29, 0.717) is 61.6 Å². The third-order valence-corrected chi connectivity index (χ3v) is 13.5. The molecule has 4 aromatic rings. The Kier molecular flexibility index (Phi) is 9.47. The summed E-state index contributed by atoms with van der Waals surface area (Å²) in [7, 11) is 0. The minimum absolute atomic E-state index is 0.0406. The first-order valence-electron chi connectivity index (χ1n) is 20.8. The molecule has 58 heavy (non-hydrogen) atoms. The van der Waals surface area contributed by atoms with Crippen LogP contribution in [0.15, 0.2) is 48.5 Å².